The number of carbonyl (C=O) groups is 2. The molecule has 0 bridgehead atoms. The highest BCUT2D eigenvalue weighted by Crippen LogP contribution is 2.12. The van der Waals surface area contributed by atoms with E-state index in [4.69, 9.17) is 5.11 Å². The molecule has 104 valence electrons. The minimum atomic E-state index is -1.01. The van der Waals surface area contributed by atoms with Crippen LogP contribution in [-0.2, 0) is 10.5 Å². The van der Waals surface area contributed by atoms with Crippen molar-refractivity contribution in [3.05, 3.63) is 35.4 Å². The molecule has 1 aromatic carbocycles. The number of hydrogen-bond acceptors (Lipinski definition) is 3. The topological polar surface area (TPSA) is 66.4 Å². The Morgan fingerprint density at radius 1 is 1.26 bits per heavy atom. The molecule has 2 N–H and O–H groups in total. The summed E-state index contributed by atoms with van der Waals surface area (Å²) in [6.07, 6.45) is 0.367. The Labute approximate surface area is 117 Å². The lowest BCUT2D eigenvalue weighted by atomic mass is 10.1. The molecule has 0 heterocycles. The van der Waals surface area contributed by atoms with Crippen molar-refractivity contribution in [3.8, 4) is 0 Å². The molecule has 0 spiro atoms. The molecule has 4 nitrogen and oxygen atoms in total. The van der Waals surface area contributed by atoms with E-state index in [-0.39, 0.29) is 5.91 Å². The summed E-state index contributed by atoms with van der Waals surface area (Å²) in [7, 11) is 0. The lowest BCUT2D eigenvalue weighted by Crippen LogP contribution is -2.40. The number of aliphatic carboxylic acids is 1. The van der Waals surface area contributed by atoms with E-state index in [9.17, 15) is 9.59 Å². The highest BCUT2D eigenvalue weighted by atomic mass is 32.2. The highest BCUT2D eigenvalue weighted by Gasteiger charge is 2.18. The van der Waals surface area contributed by atoms with Crippen LogP contribution in [0.5, 0.6) is 0 Å². The quantitative estimate of drug-likeness (QED) is 0.806. The van der Waals surface area contributed by atoms with E-state index in [0.29, 0.717) is 12.0 Å². The van der Waals surface area contributed by atoms with Crippen LogP contribution in [0.25, 0.3) is 0 Å². The van der Waals surface area contributed by atoms with Gasteiger partial charge in [-0.05, 0) is 29.9 Å². The van der Waals surface area contributed by atoms with Crippen LogP contribution in [0.2, 0.25) is 0 Å². The molecule has 0 saturated heterocycles. The van der Waals surface area contributed by atoms with Gasteiger partial charge in [0.2, 0.25) is 0 Å². The Hall–Kier alpha value is -1.49. The number of benzene rings is 1. The van der Waals surface area contributed by atoms with Crippen molar-refractivity contribution >= 4 is 23.6 Å². The summed E-state index contributed by atoms with van der Waals surface area (Å²) >= 11 is 1.82. The number of amides is 1. The van der Waals surface area contributed by atoms with Crippen LogP contribution in [0.3, 0.4) is 0 Å². The summed E-state index contributed by atoms with van der Waals surface area (Å²) < 4.78 is 0. The molecule has 0 fully saturated rings. The van der Waals surface area contributed by atoms with Gasteiger partial charge >= 0.3 is 5.97 Å². The first kappa shape index (κ1) is 15.6. The van der Waals surface area contributed by atoms with Crippen LogP contribution < -0.4 is 5.32 Å². The molecule has 19 heavy (non-hydrogen) atoms. The monoisotopic (exact) mass is 281 g/mol. The van der Waals surface area contributed by atoms with E-state index in [2.05, 4.69) is 12.2 Å². The van der Waals surface area contributed by atoms with E-state index in [0.717, 1.165) is 17.1 Å². The van der Waals surface area contributed by atoms with Gasteiger partial charge in [0, 0.05) is 11.3 Å². The van der Waals surface area contributed by atoms with Crippen LogP contribution in [0.4, 0.5) is 0 Å². The zero-order valence-electron chi connectivity index (χ0n) is 11.2. The Kier molecular flexibility index (Phi) is 6.42. The first-order valence-electron chi connectivity index (χ1n) is 6.28. The smallest absolute Gasteiger partial charge is 0.326 e. The van der Waals surface area contributed by atoms with Crippen molar-refractivity contribution in [2.45, 2.75) is 32.1 Å². The lowest BCUT2D eigenvalue weighted by Gasteiger charge is -2.12. The second-order valence-corrected chi connectivity index (χ2v) is 5.38. The maximum Gasteiger partial charge on any atom is 0.326 e. The molecule has 0 aliphatic carbocycles. The number of thioether (sulfide) groups is 1. The van der Waals surface area contributed by atoms with E-state index >= 15 is 0 Å². The Morgan fingerprint density at radius 3 is 2.37 bits per heavy atom. The molecule has 0 aliphatic heterocycles. The first-order valence-corrected chi connectivity index (χ1v) is 7.44. The summed E-state index contributed by atoms with van der Waals surface area (Å²) in [6.45, 7) is 3.83. The van der Waals surface area contributed by atoms with E-state index < -0.39 is 12.0 Å². The van der Waals surface area contributed by atoms with Crippen molar-refractivity contribution in [1.29, 1.82) is 0 Å². The molecule has 5 heteroatoms. The lowest BCUT2D eigenvalue weighted by molar-refractivity contribution is -0.139. The zero-order chi connectivity index (χ0) is 14.3. The van der Waals surface area contributed by atoms with Crippen molar-refractivity contribution in [2.75, 3.05) is 5.75 Å². The van der Waals surface area contributed by atoms with Gasteiger partial charge in [0.1, 0.15) is 6.04 Å². The summed E-state index contributed by atoms with van der Waals surface area (Å²) in [4.78, 5) is 22.7. The van der Waals surface area contributed by atoms with Gasteiger partial charge in [-0.15, -0.1) is 0 Å². The molecule has 1 atom stereocenters. The molecule has 0 aliphatic rings. The molecule has 0 radical (unpaired) electrons. The van der Waals surface area contributed by atoms with Gasteiger partial charge < -0.3 is 10.4 Å². The largest absolute Gasteiger partial charge is 0.480 e. The third-order valence-corrected chi connectivity index (χ3v) is 3.65. The van der Waals surface area contributed by atoms with Gasteiger partial charge in [-0.1, -0.05) is 26.0 Å². The summed E-state index contributed by atoms with van der Waals surface area (Å²) in [5.41, 5.74) is 1.65. The predicted octanol–water partition coefficient (Wildman–Crippen LogP) is 2.53. The SMILES string of the molecule is CCSCc1ccc(C(=O)NC(CC)C(=O)O)cc1. The van der Waals surface area contributed by atoms with Crippen molar-refractivity contribution in [3.63, 3.8) is 0 Å². The molecule has 1 aromatic rings. The zero-order valence-corrected chi connectivity index (χ0v) is 12.0. The Bertz CT molecular complexity index is 431. The number of hydrogen-bond donors (Lipinski definition) is 2. The fraction of sp³-hybridized carbons (Fsp3) is 0.429. The van der Waals surface area contributed by atoms with Crippen LogP contribution in [0.1, 0.15) is 36.2 Å². The van der Waals surface area contributed by atoms with E-state index in [1.54, 1.807) is 19.1 Å². The average Bonchev–Trinajstić information content (AvgIpc) is 2.42. The van der Waals surface area contributed by atoms with Crippen LogP contribution >= 0.6 is 11.8 Å². The average molecular weight is 281 g/mol. The molecule has 0 saturated carbocycles. The van der Waals surface area contributed by atoms with Crippen molar-refractivity contribution in [2.24, 2.45) is 0 Å². The number of rotatable bonds is 7. The summed E-state index contributed by atoms with van der Waals surface area (Å²) in [5.74, 6) is 0.625. The summed E-state index contributed by atoms with van der Waals surface area (Å²) in [5, 5.41) is 11.4. The molecule has 1 amide bonds. The second-order valence-electron chi connectivity index (χ2n) is 4.11. The van der Waals surface area contributed by atoms with Gasteiger partial charge in [-0.2, -0.15) is 11.8 Å². The van der Waals surface area contributed by atoms with Crippen LogP contribution in [0, 0.1) is 0 Å². The standard InChI is InChI=1S/C14H19NO3S/c1-3-12(14(17)18)15-13(16)11-7-5-10(6-8-11)9-19-4-2/h5-8,12H,3-4,9H2,1-2H3,(H,15,16)(H,17,18). The Balaban J connectivity index is 2.64. The first-order chi connectivity index (χ1) is 9.08. The summed E-state index contributed by atoms with van der Waals surface area (Å²) in [6, 6.07) is 6.44. The third-order valence-electron chi connectivity index (χ3n) is 2.70. The minimum Gasteiger partial charge on any atom is -0.480 e. The van der Waals surface area contributed by atoms with Gasteiger partial charge in [0.05, 0.1) is 0 Å². The number of carboxylic acids is 1. The molecule has 0 aromatic heterocycles. The van der Waals surface area contributed by atoms with E-state index in [1.165, 1.54) is 0 Å². The normalized spacial score (nSPS) is 11.9. The fourth-order valence-electron chi connectivity index (χ4n) is 1.55. The molecule has 1 unspecified atom stereocenters. The van der Waals surface area contributed by atoms with Crippen LogP contribution in [-0.4, -0.2) is 28.8 Å². The molecular weight excluding hydrogens is 262 g/mol. The highest BCUT2D eigenvalue weighted by molar-refractivity contribution is 7.98. The molecule has 1 rings (SSSR count). The van der Waals surface area contributed by atoms with Crippen molar-refractivity contribution < 1.29 is 14.7 Å². The van der Waals surface area contributed by atoms with Gasteiger partial charge in [-0.25, -0.2) is 4.79 Å². The van der Waals surface area contributed by atoms with Gasteiger partial charge in [0.25, 0.3) is 5.91 Å². The second kappa shape index (κ2) is 7.84. The minimum absolute atomic E-state index is 0.344. The number of nitrogens with one attached hydrogen (secondary N) is 1. The van der Waals surface area contributed by atoms with Gasteiger partial charge in [-0.3, -0.25) is 4.79 Å². The molecular formula is C14H19NO3S. The van der Waals surface area contributed by atoms with Crippen molar-refractivity contribution in [1.82, 2.24) is 5.32 Å². The fourth-order valence-corrected chi connectivity index (χ4v) is 2.18. The van der Waals surface area contributed by atoms with E-state index in [1.807, 2.05) is 23.9 Å². The maximum atomic E-state index is 11.9. The number of carbonyl (C=O) groups excluding carboxylic acids is 1. The predicted molar refractivity (Wildman–Crippen MR) is 77.5 cm³/mol. The van der Waals surface area contributed by atoms with Gasteiger partial charge in [0.15, 0.2) is 0 Å². The van der Waals surface area contributed by atoms with Crippen LogP contribution in [0.15, 0.2) is 24.3 Å². The maximum absolute atomic E-state index is 11.9. The third kappa shape index (κ3) is 4.95. The number of carboxylic acid groups (broad SMARTS) is 1. The Morgan fingerprint density at radius 2 is 1.89 bits per heavy atom.